The zero-order chi connectivity index (χ0) is 30.7. The summed E-state index contributed by atoms with van der Waals surface area (Å²) >= 11 is 6.83. The Labute approximate surface area is 251 Å². The normalized spacial score (nSPS) is 17.4. The Balaban J connectivity index is 1.98. The molecule has 220 valence electrons. The van der Waals surface area contributed by atoms with Crippen LogP contribution in [0.5, 0.6) is 0 Å². The van der Waals surface area contributed by atoms with Crippen molar-refractivity contribution in [3.63, 3.8) is 0 Å². The van der Waals surface area contributed by atoms with Crippen molar-refractivity contribution < 1.29 is 14.0 Å². The number of rotatable bonds is 7. The number of aliphatic imine (C=N–C) groups is 1. The summed E-state index contributed by atoms with van der Waals surface area (Å²) < 4.78 is 15.0. The van der Waals surface area contributed by atoms with Crippen LogP contribution < -0.4 is 4.90 Å². The van der Waals surface area contributed by atoms with Gasteiger partial charge in [-0.25, -0.2) is 9.37 Å². The highest BCUT2D eigenvalue weighted by Gasteiger charge is 2.36. The van der Waals surface area contributed by atoms with Crippen LogP contribution in [0.2, 0.25) is 5.02 Å². The third kappa shape index (κ3) is 5.79. The number of nitrogens with zero attached hydrogens (tertiary/aromatic N) is 6. The summed E-state index contributed by atoms with van der Waals surface area (Å²) in [7, 11) is 1.67. The fourth-order valence-corrected chi connectivity index (χ4v) is 5.86. The van der Waals surface area contributed by atoms with Gasteiger partial charge in [0.05, 0.1) is 27.7 Å². The second kappa shape index (κ2) is 12.8. The molecule has 0 N–H and O–H groups in total. The topological polar surface area (TPSA) is 82.0 Å². The number of carbonyl (C=O) groups is 2. The average molecular weight is 591 g/mol. The minimum Gasteiger partial charge on any atom is -0.347 e. The van der Waals surface area contributed by atoms with Crippen molar-refractivity contribution in [2.75, 3.05) is 25.0 Å². The zero-order valence-electron chi connectivity index (χ0n) is 24.8. The Kier molecular flexibility index (Phi) is 9.41. The lowest BCUT2D eigenvalue weighted by molar-refractivity contribution is -0.129. The molecule has 1 aliphatic rings. The molecule has 1 fully saturated rings. The van der Waals surface area contributed by atoms with Gasteiger partial charge in [-0.1, -0.05) is 44.2 Å². The largest absolute Gasteiger partial charge is 0.347 e. The quantitative estimate of drug-likeness (QED) is 0.143. The highest BCUT2D eigenvalue weighted by molar-refractivity contribution is 6.33. The molecule has 0 bridgehead atoms. The molecule has 3 aromatic rings. The van der Waals surface area contributed by atoms with Crippen LogP contribution >= 0.6 is 11.6 Å². The van der Waals surface area contributed by atoms with Crippen molar-refractivity contribution in [1.82, 2.24) is 19.8 Å². The van der Waals surface area contributed by atoms with Crippen LogP contribution in [0.4, 0.5) is 15.9 Å². The molecule has 1 saturated heterocycles. The molecule has 0 spiro atoms. The van der Waals surface area contributed by atoms with Crippen molar-refractivity contribution in [1.29, 1.82) is 0 Å². The maximum absolute atomic E-state index is 15.0. The van der Waals surface area contributed by atoms with Crippen molar-refractivity contribution in [3.05, 3.63) is 82.9 Å². The molecule has 0 saturated carbocycles. The van der Waals surface area contributed by atoms with Gasteiger partial charge >= 0.3 is 0 Å². The number of amidine groups is 1. The second-order valence-corrected chi connectivity index (χ2v) is 11.2. The SMILES string of the molecule is C=CC(=O)N1CC(C)N(/C(=N/C)c2cc(Cl)c(-c3ccccc3F)nc2N(C=O)c2c(C)ccnc2C(C)C)[C@@H](C)C1. The Hall–Kier alpha value is -4.11. The molecule has 2 aromatic heterocycles. The third-order valence-electron chi connectivity index (χ3n) is 7.46. The number of hydrogen-bond donors (Lipinski definition) is 0. The molecule has 1 aliphatic heterocycles. The van der Waals surface area contributed by atoms with Crippen molar-refractivity contribution in [2.24, 2.45) is 4.99 Å². The molecule has 10 heteroatoms. The molecule has 0 radical (unpaired) electrons. The zero-order valence-corrected chi connectivity index (χ0v) is 25.6. The van der Waals surface area contributed by atoms with Crippen LogP contribution in [0.25, 0.3) is 11.3 Å². The Morgan fingerprint density at radius 2 is 1.88 bits per heavy atom. The summed E-state index contributed by atoms with van der Waals surface area (Å²) in [6.45, 7) is 14.5. The van der Waals surface area contributed by atoms with Crippen LogP contribution in [0.1, 0.15) is 50.4 Å². The number of aryl methyl sites for hydroxylation is 1. The van der Waals surface area contributed by atoms with Gasteiger partial charge in [0.1, 0.15) is 11.7 Å². The molecule has 42 heavy (non-hydrogen) atoms. The van der Waals surface area contributed by atoms with Gasteiger partial charge in [-0.3, -0.25) is 24.5 Å². The van der Waals surface area contributed by atoms with E-state index in [1.165, 1.54) is 17.0 Å². The van der Waals surface area contributed by atoms with Crippen molar-refractivity contribution in [2.45, 2.75) is 52.6 Å². The average Bonchev–Trinajstić information content (AvgIpc) is 2.96. The number of benzene rings is 1. The number of amides is 2. The fourth-order valence-electron chi connectivity index (χ4n) is 5.61. The first-order valence-corrected chi connectivity index (χ1v) is 14.2. The first-order valence-electron chi connectivity index (χ1n) is 13.9. The van der Waals surface area contributed by atoms with Crippen LogP contribution in [0.15, 0.2) is 60.2 Å². The predicted octanol–water partition coefficient (Wildman–Crippen LogP) is 6.15. The van der Waals surface area contributed by atoms with Gasteiger partial charge in [-0.05, 0) is 62.6 Å². The minimum absolute atomic E-state index is 0.000954. The first-order chi connectivity index (χ1) is 20.0. The maximum atomic E-state index is 15.0. The molecule has 3 heterocycles. The smallest absolute Gasteiger partial charge is 0.246 e. The second-order valence-electron chi connectivity index (χ2n) is 10.8. The Bertz CT molecular complexity index is 1530. The van der Waals surface area contributed by atoms with Crippen LogP contribution in [-0.4, -0.2) is 70.1 Å². The highest BCUT2D eigenvalue weighted by atomic mass is 35.5. The monoisotopic (exact) mass is 590 g/mol. The lowest BCUT2D eigenvalue weighted by Gasteiger charge is -2.46. The van der Waals surface area contributed by atoms with E-state index < -0.39 is 5.82 Å². The summed E-state index contributed by atoms with van der Waals surface area (Å²) in [5.74, 6) is 0.167. The molecule has 0 aliphatic carbocycles. The third-order valence-corrected chi connectivity index (χ3v) is 7.75. The Morgan fingerprint density at radius 1 is 1.21 bits per heavy atom. The number of halogens is 2. The van der Waals surface area contributed by atoms with Gasteiger partial charge in [0.2, 0.25) is 12.3 Å². The van der Waals surface area contributed by atoms with Gasteiger partial charge in [0, 0.05) is 44.0 Å². The van der Waals surface area contributed by atoms with E-state index in [1.54, 1.807) is 42.4 Å². The van der Waals surface area contributed by atoms with Gasteiger partial charge < -0.3 is 9.80 Å². The highest BCUT2D eigenvalue weighted by Crippen LogP contribution is 2.39. The molecule has 8 nitrogen and oxygen atoms in total. The maximum Gasteiger partial charge on any atom is 0.246 e. The van der Waals surface area contributed by atoms with Crippen LogP contribution in [0, 0.1) is 12.7 Å². The van der Waals surface area contributed by atoms with Gasteiger partial charge in [-0.15, -0.1) is 0 Å². The van der Waals surface area contributed by atoms with E-state index in [9.17, 15) is 9.59 Å². The van der Waals surface area contributed by atoms with Gasteiger partial charge in [0.15, 0.2) is 5.82 Å². The molecule has 2 atom stereocenters. The number of piperazine rings is 1. The van der Waals surface area contributed by atoms with Crippen molar-refractivity contribution >= 4 is 41.3 Å². The summed E-state index contributed by atoms with van der Waals surface area (Å²) in [6.07, 6.45) is 3.73. The molecule has 1 unspecified atom stereocenters. The van der Waals surface area contributed by atoms with E-state index in [2.05, 4.69) is 21.5 Å². The molecule has 4 rings (SSSR count). The number of anilines is 2. The number of aromatic nitrogens is 2. The standard InChI is InChI=1S/C32H36ClFN6O2/c1-8-27(42)38-16-21(5)40(22(6)17-38)31(35-7)24-15-25(33)29(23-11-9-10-12-26(23)34)37-32(24)39(18-41)30-20(4)13-14-36-28(30)19(2)3/h8-15,18-19,21-22H,1,16-17H2,2-7H3/b35-31+/t21-,22?/m0/s1. The number of carbonyl (C=O) groups excluding carboxylic acids is 2. The van der Waals surface area contributed by atoms with E-state index in [4.69, 9.17) is 16.6 Å². The summed E-state index contributed by atoms with van der Waals surface area (Å²) in [6, 6.07) is 9.49. The van der Waals surface area contributed by atoms with Crippen LogP contribution in [-0.2, 0) is 9.59 Å². The van der Waals surface area contributed by atoms with Crippen molar-refractivity contribution in [3.8, 4) is 11.3 Å². The first kappa shape index (κ1) is 30.8. The van der Waals surface area contributed by atoms with E-state index in [0.29, 0.717) is 42.3 Å². The lowest BCUT2D eigenvalue weighted by Crippen LogP contribution is -2.59. The molecular formula is C32H36ClFN6O2. The summed E-state index contributed by atoms with van der Waals surface area (Å²) in [4.78, 5) is 44.9. The van der Waals surface area contributed by atoms with Crippen LogP contribution in [0.3, 0.4) is 0 Å². The van der Waals surface area contributed by atoms with Gasteiger partial charge in [0.25, 0.3) is 0 Å². The van der Waals surface area contributed by atoms with E-state index >= 15 is 4.39 Å². The number of pyridine rings is 2. The molecule has 1 aromatic carbocycles. The van der Waals surface area contributed by atoms with E-state index in [1.807, 2.05) is 40.7 Å². The predicted molar refractivity (Wildman–Crippen MR) is 166 cm³/mol. The summed E-state index contributed by atoms with van der Waals surface area (Å²) in [5.41, 5.74) is 3.04. The van der Waals surface area contributed by atoms with Gasteiger partial charge in [-0.2, -0.15) is 0 Å². The lowest BCUT2D eigenvalue weighted by atomic mass is 10.0. The number of hydrogen-bond acceptors (Lipinski definition) is 5. The minimum atomic E-state index is -0.488. The van der Waals surface area contributed by atoms with E-state index in [-0.39, 0.29) is 46.0 Å². The molecular weight excluding hydrogens is 555 g/mol. The molecule has 2 amide bonds. The summed E-state index contributed by atoms with van der Waals surface area (Å²) in [5, 5.41) is 0.207. The fraction of sp³-hybridized carbons (Fsp3) is 0.344. The van der Waals surface area contributed by atoms with E-state index in [0.717, 1.165) is 5.56 Å². The Morgan fingerprint density at radius 3 is 2.45 bits per heavy atom.